The number of unbranched alkanes of at least 4 members (excludes halogenated alkanes) is 30. The van der Waals surface area contributed by atoms with Crippen LogP contribution in [0.1, 0.15) is 243 Å². The summed E-state index contributed by atoms with van der Waals surface area (Å²) in [5.41, 5.74) is 0.431. The van der Waals surface area contributed by atoms with E-state index in [0.29, 0.717) is 12.2 Å². The number of amides is 3. The number of ether oxygens (including phenoxy) is 2. The van der Waals surface area contributed by atoms with Crippen LogP contribution in [0.2, 0.25) is 0 Å². The molecule has 2 rings (SSSR count). The van der Waals surface area contributed by atoms with Gasteiger partial charge in [-0.1, -0.05) is 219 Å². The summed E-state index contributed by atoms with van der Waals surface area (Å²) in [4.78, 5) is 61.1. The van der Waals surface area contributed by atoms with Gasteiger partial charge in [0.05, 0.1) is 24.7 Å². The lowest BCUT2D eigenvalue weighted by Gasteiger charge is -2.22. The molecule has 12 nitrogen and oxygen atoms in total. The predicted molar refractivity (Wildman–Crippen MR) is 275 cm³/mol. The van der Waals surface area contributed by atoms with Crippen molar-refractivity contribution in [2.24, 2.45) is 0 Å². The Bertz CT molecular complexity index is 1580. The van der Waals surface area contributed by atoms with Gasteiger partial charge in [0.25, 0.3) is 17.7 Å². The number of phosphoric ester groups is 1. The lowest BCUT2D eigenvalue weighted by Crippen LogP contribution is -2.30. The summed E-state index contributed by atoms with van der Waals surface area (Å²) < 4.78 is 34.9. The van der Waals surface area contributed by atoms with Gasteiger partial charge in [0.2, 0.25) is 0 Å². The summed E-state index contributed by atoms with van der Waals surface area (Å²) >= 11 is 0. The first-order chi connectivity index (χ1) is 33.1. The molecule has 388 valence electrons. The number of carbonyl (C=O) groups excluding carboxylic acids is 4. The fraction of sp³-hybridized carbons (Fsp3) is 0.745. The smallest absolute Gasteiger partial charge is 0.472 e. The number of rotatable bonds is 47. The molecule has 0 aliphatic carbocycles. The van der Waals surface area contributed by atoms with Gasteiger partial charge in [-0.05, 0) is 31.0 Å². The molecule has 0 spiro atoms. The lowest BCUT2D eigenvalue weighted by molar-refractivity contribution is -0.148. The van der Waals surface area contributed by atoms with Gasteiger partial charge in [-0.15, -0.1) is 0 Å². The molecule has 1 heterocycles. The topological polar surface area (TPSA) is 158 Å². The number of nitrogens with zero attached hydrogens (tertiary/aromatic N) is 1. The first-order valence-corrected chi connectivity index (χ1v) is 28.6. The minimum absolute atomic E-state index is 0.132. The zero-order valence-electron chi connectivity index (χ0n) is 42.6. The van der Waals surface area contributed by atoms with Crippen LogP contribution in [-0.2, 0) is 37.5 Å². The second-order valence-electron chi connectivity index (χ2n) is 18.8. The van der Waals surface area contributed by atoms with Gasteiger partial charge in [0, 0.05) is 37.1 Å². The van der Waals surface area contributed by atoms with Crippen LogP contribution in [-0.4, -0.2) is 61.1 Å². The van der Waals surface area contributed by atoms with E-state index in [9.17, 15) is 28.6 Å². The second-order valence-corrected chi connectivity index (χ2v) is 20.3. The number of phosphoric acid groups is 1. The molecule has 0 radical (unpaired) electrons. The third-order valence-electron chi connectivity index (χ3n) is 12.5. The third-order valence-corrected chi connectivity index (χ3v) is 13.5. The van der Waals surface area contributed by atoms with Gasteiger partial charge >= 0.3 is 13.8 Å². The van der Waals surface area contributed by atoms with Crippen molar-refractivity contribution in [2.75, 3.05) is 31.3 Å². The largest absolute Gasteiger partial charge is 0.489 e. The van der Waals surface area contributed by atoms with Crippen LogP contribution in [0.5, 0.6) is 0 Å². The van der Waals surface area contributed by atoms with E-state index in [4.69, 9.17) is 18.5 Å². The monoisotopic (exact) mass is 973 g/mol. The Labute approximate surface area is 412 Å². The Morgan fingerprint density at radius 3 is 1.50 bits per heavy atom. The van der Waals surface area contributed by atoms with Crippen molar-refractivity contribution in [2.45, 2.75) is 238 Å². The Hall–Kier alpha value is -3.31. The predicted octanol–water partition coefficient (Wildman–Crippen LogP) is 14.7. The SMILES string of the molecule is C=C(CCCCCCCCCCCCCCCCCC)OC(COC(=O)CCCCCCCCCCCCCCCCCC)COP(=O)(O)OCCNC(=O)c1cccc(N2C(=O)C=CC2=O)c1. The van der Waals surface area contributed by atoms with Crippen LogP contribution in [0.3, 0.4) is 0 Å². The van der Waals surface area contributed by atoms with E-state index in [1.807, 2.05) is 0 Å². The Balaban J connectivity index is 1.70. The van der Waals surface area contributed by atoms with Crippen molar-refractivity contribution < 1.29 is 47.2 Å². The van der Waals surface area contributed by atoms with Gasteiger partial charge in [-0.25, -0.2) is 9.46 Å². The maximum atomic E-state index is 12.9. The normalized spacial score (nSPS) is 13.8. The maximum Gasteiger partial charge on any atom is 0.472 e. The first kappa shape index (κ1) is 60.8. The Morgan fingerprint density at radius 1 is 0.618 bits per heavy atom. The highest BCUT2D eigenvalue weighted by molar-refractivity contribution is 7.47. The van der Waals surface area contributed by atoms with Crippen LogP contribution in [0.4, 0.5) is 5.69 Å². The summed E-state index contributed by atoms with van der Waals surface area (Å²) in [5, 5.41) is 2.59. The van der Waals surface area contributed by atoms with Gasteiger partial charge in [0.15, 0.2) is 6.10 Å². The molecule has 0 saturated carbocycles. The number of hydrogen-bond acceptors (Lipinski definition) is 9. The molecule has 2 unspecified atom stereocenters. The van der Waals surface area contributed by atoms with E-state index >= 15 is 0 Å². The highest BCUT2D eigenvalue weighted by Crippen LogP contribution is 2.43. The summed E-state index contributed by atoms with van der Waals surface area (Å²) in [6.45, 7) is 7.56. The quantitative estimate of drug-likeness (QED) is 0.0212. The van der Waals surface area contributed by atoms with Crippen molar-refractivity contribution >= 4 is 37.2 Å². The molecular formula is C55H93N2O10P. The van der Waals surface area contributed by atoms with Crippen LogP contribution >= 0.6 is 7.82 Å². The third kappa shape index (κ3) is 31.7. The molecule has 13 heteroatoms. The number of benzene rings is 1. The molecule has 3 amide bonds. The summed E-state index contributed by atoms with van der Waals surface area (Å²) in [7, 11) is -4.60. The maximum absolute atomic E-state index is 12.9. The zero-order valence-corrected chi connectivity index (χ0v) is 43.5. The van der Waals surface area contributed by atoms with Gasteiger partial charge in [-0.3, -0.25) is 28.2 Å². The number of esters is 1. The molecule has 2 atom stereocenters. The molecule has 1 aromatic carbocycles. The summed E-state index contributed by atoms with van der Waals surface area (Å²) in [5.74, 6) is -1.40. The van der Waals surface area contributed by atoms with Crippen LogP contribution < -0.4 is 10.2 Å². The number of anilines is 1. The van der Waals surface area contributed by atoms with Crippen molar-refractivity contribution in [1.82, 2.24) is 5.32 Å². The van der Waals surface area contributed by atoms with E-state index in [-0.39, 0.29) is 50.0 Å². The molecule has 68 heavy (non-hydrogen) atoms. The van der Waals surface area contributed by atoms with E-state index in [0.717, 1.165) is 55.6 Å². The molecule has 0 bridgehead atoms. The van der Waals surface area contributed by atoms with Gasteiger partial charge in [0.1, 0.15) is 6.61 Å². The molecule has 1 aliphatic rings. The van der Waals surface area contributed by atoms with Crippen molar-refractivity contribution in [3.8, 4) is 0 Å². The average molecular weight is 973 g/mol. The zero-order chi connectivity index (χ0) is 49.3. The van der Waals surface area contributed by atoms with Crippen molar-refractivity contribution in [3.05, 3.63) is 54.3 Å². The average Bonchev–Trinajstić information content (AvgIpc) is 3.67. The lowest BCUT2D eigenvalue weighted by atomic mass is 10.0. The van der Waals surface area contributed by atoms with Crippen LogP contribution in [0.15, 0.2) is 48.8 Å². The highest BCUT2D eigenvalue weighted by atomic mass is 31.2. The van der Waals surface area contributed by atoms with Crippen molar-refractivity contribution in [1.29, 1.82) is 0 Å². The molecule has 0 fully saturated rings. The molecule has 2 N–H and O–H groups in total. The van der Waals surface area contributed by atoms with Crippen LogP contribution in [0.25, 0.3) is 0 Å². The van der Waals surface area contributed by atoms with Crippen molar-refractivity contribution in [3.63, 3.8) is 0 Å². The highest BCUT2D eigenvalue weighted by Gasteiger charge is 2.27. The number of imide groups is 1. The minimum Gasteiger partial charge on any atom is -0.489 e. The van der Waals surface area contributed by atoms with E-state index in [1.54, 1.807) is 12.1 Å². The summed E-state index contributed by atoms with van der Waals surface area (Å²) in [6.07, 6.45) is 42.8. The Kier molecular flexibility index (Phi) is 36.1. The number of carbonyl (C=O) groups is 4. The number of nitrogens with one attached hydrogen (secondary N) is 1. The minimum atomic E-state index is -4.60. The number of hydrogen-bond donors (Lipinski definition) is 2. The molecular weight excluding hydrogens is 880 g/mol. The standard InChI is InChI=1S/C55H93N2O10P/c1-4-6-8-10-12-14-16-18-20-22-24-26-28-30-32-34-37-48(3)67-51(46-64-54(60)40-35-33-31-29-27-25-23-21-19-17-15-13-11-9-7-5-2)47-66-68(62,63)65-44-43-56-55(61)49-38-36-39-50(45-49)57-52(58)41-42-53(57)59/h36,38-39,41-42,45,51H,3-35,37,40,43-44,46-47H2,1-2H3,(H,56,61)(H,62,63). The first-order valence-electron chi connectivity index (χ1n) is 27.1. The summed E-state index contributed by atoms with van der Waals surface area (Å²) in [6, 6.07) is 6.00. The Morgan fingerprint density at radius 2 is 1.04 bits per heavy atom. The van der Waals surface area contributed by atoms with Gasteiger partial charge < -0.3 is 19.7 Å². The van der Waals surface area contributed by atoms with Gasteiger partial charge in [-0.2, -0.15) is 0 Å². The van der Waals surface area contributed by atoms with E-state index < -0.39 is 31.6 Å². The number of allylic oxidation sites excluding steroid dienone is 1. The molecule has 1 aliphatic heterocycles. The van der Waals surface area contributed by atoms with E-state index in [2.05, 4.69) is 25.7 Å². The fourth-order valence-electron chi connectivity index (χ4n) is 8.44. The molecule has 0 aromatic heterocycles. The molecule has 1 aromatic rings. The fourth-order valence-corrected chi connectivity index (χ4v) is 9.19. The van der Waals surface area contributed by atoms with E-state index in [1.165, 1.54) is 179 Å². The second kappa shape index (κ2) is 40.4. The molecule has 0 saturated heterocycles. The van der Waals surface area contributed by atoms with Crippen LogP contribution in [0, 0.1) is 0 Å².